The standard InChI is InChI=1S/C22H30N4O6S/c1-15-23-21(32-24-15)16-6-10-25(11-7-16)22(27)17-8-12-26(13-9-17)33(28,29)18-4-5-19(30-2)20(14-18)31-3/h4-5,14,16-17H,6-13H2,1-3H3. The molecule has 10 nitrogen and oxygen atoms in total. The lowest BCUT2D eigenvalue weighted by atomic mass is 9.92. The number of hydrogen-bond donors (Lipinski definition) is 0. The van der Waals surface area contributed by atoms with Crippen LogP contribution in [0.3, 0.4) is 0 Å². The van der Waals surface area contributed by atoms with Crippen molar-refractivity contribution in [1.82, 2.24) is 19.3 Å². The molecule has 0 radical (unpaired) electrons. The van der Waals surface area contributed by atoms with Gasteiger partial charge in [-0.05, 0) is 44.7 Å². The SMILES string of the molecule is COc1ccc(S(=O)(=O)N2CCC(C(=O)N3CCC(c4nc(C)no4)CC3)CC2)cc1OC. The molecule has 2 aliphatic rings. The Hall–Kier alpha value is -2.66. The van der Waals surface area contributed by atoms with Crippen LogP contribution in [0.5, 0.6) is 11.5 Å². The van der Waals surface area contributed by atoms with E-state index >= 15 is 0 Å². The second kappa shape index (κ2) is 9.68. The molecule has 0 bridgehead atoms. The zero-order valence-electron chi connectivity index (χ0n) is 19.2. The minimum Gasteiger partial charge on any atom is -0.493 e. The third kappa shape index (κ3) is 4.84. The van der Waals surface area contributed by atoms with Crippen molar-refractivity contribution < 1.29 is 27.2 Å². The van der Waals surface area contributed by atoms with Gasteiger partial charge in [0.05, 0.1) is 19.1 Å². The Morgan fingerprint density at radius 1 is 1.03 bits per heavy atom. The molecule has 1 aromatic carbocycles. The summed E-state index contributed by atoms with van der Waals surface area (Å²) in [7, 11) is -0.708. The topological polar surface area (TPSA) is 115 Å². The summed E-state index contributed by atoms with van der Waals surface area (Å²) in [5.41, 5.74) is 0. The van der Waals surface area contributed by atoms with Crippen molar-refractivity contribution in [2.24, 2.45) is 5.92 Å². The Labute approximate surface area is 193 Å². The van der Waals surface area contributed by atoms with E-state index in [0.717, 1.165) is 12.8 Å². The van der Waals surface area contributed by atoms with E-state index in [1.54, 1.807) is 13.0 Å². The van der Waals surface area contributed by atoms with Gasteiger partial charge in [-0.1, -0.05) is 5.16 Å². The van der Waals surface area contributed by atoms with E-state index in [1.165, 1.54) is 30.7 Å². The van der Waals surface area contributed by atoms with Gasteiger partial charge in [0.25, 0.3) is 0 Å². The van der Waals surface area contributed by atoms with Crippen LogP contribution in [0.15, 0.2) is 27.6 Å². The highest BCUT2D eigenvalue weighted by Crippen LogP contribution is 2.33. The average molecular weight is 479 g/mol. The van der Waals surface area contributed by atoms with E-state index in [2.05, 4.69) is 10.1 Å². The van der Waals surface area contributed by atoms with E-state index in [1.807, 2.05) is 4.90 Å². The molecular weight excluding hydrogens is 448 g/mol. The molecule has 0 aliphatic carbocycles. The molecule has 1 amide bonds. The predicted molar refractivity (Wildman–Crippen MR) is 119 cm³/mol. The highest BCUT2D eigenvalue weighted by Gasteiger charge is 2.36. The molecule has 0 atom stereocenters. The zero-order chi connectivity index (χ0) is 23.6. The number of carbonyl (C=O) groups is 1. The minimum absolute atomic E-state index is 0.110. The van der Waals surface area contributed by atoms with Gasteiger partial charge in [0, 0.05) is 44.1 Å². The fraction of sp³-hybridized carbons (Fsp3) is 0.591. The molecule has 180 valence electrons. The first-order valence-electron chi connectivity index (χ1n) is 11.1. The van der Waals surface area contributed by atoms with Gasteiger partial charge < -0.3 is 18.9 Å². The lowest BCUT2D eigenvalue weighted by molar-refractivity contribution is -0.137. The summed E-state index contributed by atoms with van der Waals surface area (Å²) in [4.78, 5) is 19.4. The van der Waals surface area contributed by atoms with Crippen molar-refractivity contribution in [3.63, 3.8) is 0 Å². The Kier molecular flexibility index (Phi) is 6.89. The molecule has 2 aliphatic heterocycles. The molecule has 2 fully saturated rings. The van der Waals surface area contributed by atoms with Gasteiger partial charge in [-0.2, -0.15) is 9.29 Å². The van der Waals surface area contributed by atoms with Crippen LogP contribution in [0.25, 0.3) is 0 Å². The summed E-state index contributed by atoms with van der Waals surface area (Å²) in [6.45, 7) is 3.71. The summed E-state index contributed by atoms with van der Waals surface area (Å²) < 4.78 is 43.4. The quantitative estimate of drug-likeness (QED) is 0.621. The van der Waals surface area contributed by atoms with Gasteiger partial charge in [0.2, 0.25) is 21.8 Å². The lowest BCUT2D eigenvalue weighted by Crippen LogP contribution is -2.46. The number of aryl methyl sites for hydroxylation is 1. The summed E-state index contributed by atoms with van der Waals surface area (Å²) in [5.74, 6) is 2.24. The van der Waals surface area contributed by atoms with Crippen LogP contribution in [-0.4, -0.2) is 74.1 Å². The number of aromatic nitrogens is 2. The van der Waals surface area contributed by atoms with Crippen LogP contribution in [0.4, 0.5) is 0 Å². The second-order valence-corrected chi connectivity index (χ2v) is 10.4. The molecule has 0 unspecified atom stereocenters. The van der Waals surface area contributed by atoms with Crippen molar-refractivity contribution in [1.29, 1.82) is 0 Å². The molecular formula is C22H30N4O6S. The number of carbonyl (C=O) groups excluding carboxylic acids is 1. The summed E-state index contributed by atoms with van der Waals surface area (Å²) in [6, 6.07) is 4.57. The van der Waals surface area contributed by atoms with Crippen molar-refractivity contribution in [2.45, 2.75) is 43.4 Å². The summed E-state index contributed by atoms with van der Waals surface area (Å²) in [5, 5.41) is 3.85. The van der Waals surface area contributed by atoms with Crippen molar-refractivity contribution >= 4 is 15.9 Å². The number of rotatable bonds is 6. The molecule has 2 aromatic rings. The summed E-state index contributed by atoms with van der Waals surface area (Å²) >= 11 is 0. The number of nitrogens with zero attached hydrogens (tertiary/aromatic N) is 4. The van der Waals surface area contributed by atoms with Crippen LogP contribution in [-0.2, 0) is 14.8 Å². The molecule has 2 saturated heterocycles. The Balaban J connectivity index is 1.33. The third-order valence-electron chi connectivity index (χ3n) is 6.50. The number of benzene rings is 1. The Bertz CT molecular complexity index is 1090. The highest BCUT2D eigenvalue weighted by atomic mass is 32.2. The molecule has 1 aromatic heterocycles. The van der Waals surface area contributed by atoms with Crippen LogP contribution in [0.1, 0.15) is 43.3 Å². The highest BCUT2D eigenvalue weighted by molar-refractivity contribution is 7.89. The number of piperidine rings is 2. The van der Waals surface area contributed by atoms with Gasteiger partial charge >= 0.3 is 0 Å². The smallest absolute Gasteiger partial charge is 0.243 e. The van der Waals surface area contributed by atoms with E-state index in [9.17, 15) is 13.2 Å². The van der Waals surface area contributed by atoms with Gasteiger partial charge in [-0.25, -0.2) is 8.42 Å². The Morgan fingerprint density at radius 2 is 1.70 bits per heavy atom. The van der Waals surface area contributed by atoms with Gasteiger partial charge in [0.15, 0.2) is 17.3 Å². The van der Waals surface area contributed by atoms with E-state index < -0.39 is 10.0 Å². The first kappa shape index (κ1) is 23.5. The number of sulfonamides is 1. The van der Waals surface area contributed by atoms with Crippen molar-refractivity contribution in [3.8, 4) is 11.5 Å². The second-order valence-electron chi connectivity index (χ2n) is 8.47. The molecule has 4 rings (SSSR count). The molecule has 11 heteroatoms. The summed E-state index contributed by atoms with van der Waals surface area (Å²) in [6.07, 6.45) is 2.60. The third-order valence-corrected chi connectivity index (χ3v) is 8.39. The van der Waals surface area contributed by atoms with E-state index in [0.29, 0.717) is 62.2 Å². The van der Waals surface area contributed by atoms with E-state index in [-0.39, 0.29) is 22.6 Å². The van der Waals surface area contributed by atoms with Gasteiger partial charge in [0.1, 0.15) is 0 Å². The largest absolute Gasteiger partial charge is 0.493 e. The fourth-order valence-corrected chi connectivity index (χ4v) is 6.04. The molecule has 0 spiro atoms. The number of ether oxygens (including phenoxy) is 2. The average Bonchev–Trinajstić information content (AvgIpc) is 3.29. The minimum atomic E-state index is -3.68. The lowest BCUT2D eigenvalue weighted by Gasteiger charge is -2.36. The van der Waals surface area contributed by atoms with Crippen LogP contribution in [0.2, 0.25) is 0 Å². The molecule has 0 saturated carbocycles. The maximum Gasteiger partial charge on any atom is 0.243 e. The molecule has 3 heterocycles. The molecule has 33 heavy (non-hydrogen) atoms. The van der Waals surface area contributed by atoms with Crippen LogP contribution in [0, 0.1) is 12.8 Å². The van der Waals surface area contributed by atoms with Gasteiger partial charge in [-0.15, -0.1) is 0 Å². The maximum absolute atomic E-state index is 13.1. The van der Waals surface area contributed by atoms with Crippen LogP contribution >= 0.6 is 0 Å². The van der Waals surface area contributed by atoms with Crippen LogP contribution < -0.4 is 9.47 Å². The normalized spacial score (nSPS) is 18.9. The number of amides is 1. The first-order chi connectivity index (χ1) is 15.8. The maximum atomic E-state index is 13.1. The number of likely N-dealkylation sites (tertiary alicyclic amines) is 1. The number of hydrogen-bond acceptors (Lipinski definition) is 8. The molecule has 0 N–H and O–H groups in total. The Morgan fingerprint density at radius 3 is 2.27 bits per heavy atom. The van der Waals surface area contributed by atoms with Gasteiger partial charge in [-0.3, -0.25) is 4.79 Å². The fourth-order valence-electron chi connectivity index (χ4n) is 4.55. The van der Waals surface area contributed by atoms with Crippen molar-refractivity contribution in [2.75, 3.05) is 40.4 Å². The zero-order valence-corrected chi connectivity index (χ0v) is 20.0. The first-order valence-corrected chi connectivity index (χ1v) is 12.6. The predicted octanol–water partition coefficient (Wildman–Crippen LogP) is 2.20. The van der Waals surface area contributed by atoms with E-state index in [4.69, 9.17) is 14.0 Å². The monoisotopic (exact) mass is 478 g/mol. The van der Waals surface area contributed by atoms with Crippen molar-refractivity contribution in [3.05, 3.63) is 29.9 Å². The number of methoxy groups -OCH3 is 2.